The number of likely N-dealkylation sites (N-methyl/N-ethyl adjacent to an activating group) is 1. The van der Waals surface area contributed by atoms with E-state index in [9.17, 15) is 4.79 Å². The van der Waals surface area contributed by atoms with Crippen molar-refractivity contribution in [3.05, 3.63) is 35.0 Å². The van der Waals surface area contributed by atoms with E-state index in [2.05, 4.69) is 11.9 Å². The number of nitrogens with one attached hydrogen (secondary N) is 1. The van der Waals surface area contributed by atoms with Gasteiger partial charge in [-0.25, -0.2) is 0 Å². The lowest BCUT2D eigenvalue weighted by atomic mass is 9.87. The smallest absolute Gasteiger partial charge is 0.253 e. The Bertz CT molecular complexity index is 675. The van der Waals surface area contributed by atoms with Gasteiger partial charge in [0, 0.05) is 35.8 Å². The molecular weight excluding hydrogens is 264 g/mol. The Morgan fingerprint density at radius 2 is 2.29 bits per heavy atom. The van der Waals surface area contributed by atoms with Crippen LogP contribution in [0.1, 0.15) is 35.0 Å². The summed E-state index contributed by atoms with van der Waals surface area (Å²) in [7, 11) is 1.72. The standard InChI is InChI=1S/C17H22N2O2/c1-11-3-5-15-13(9-11)14-10-12(4-6-16(14)18-15)17(21)19(2)7-8-20/h4,6,10-11,18,20H,3,5,7-9H2,1-2H3/t11-/m0/s1. The van der Waals surface area contributed by atoms with Gasteiger partial charge in [0.2, 0.25) is 0 Å². The minimum absolute atomic E-state index is 0.0123. The third kappa shape index (κ3) is 2.56. The van der Waals surface area contributed by atoms with Crippen LogP contribution in [0.3, 0.4) is 0 Å². The lowest BCUT2D eigenvalue weighted by Crippen LogP contribution is -2.29. The molecule has 1 atom stereocenters. The Kier molecular flexibility index (Phi) is 3.72. The van der Waals surface area contributed by atoms with Crippen LogP contribution >= 0.6 is 0 Å². The van der Waals surface area contributed by atoms with E-state index in [1.807, 2.05) is 18.2 Å². The number of rotatable bonds is 3. The number of H-pyrrole nitrogens is 1. The van der Waals surface area contributed by atoms with Gasteiger partial charge < -0.3 is 15.0 Å². The molecule has 1 aromatic carbocycles. The zero-order valence-corrected chi connectivity index (χ0v) is 12.6. The van der Waals surface area contributed by atoms with Gasteiger partial charge in [-0.15, -0.1) is 0 Å². The van der Waals surface area contributed by atoms with E-state index in [1.54, 1.807) is 11.9 Å². The fourth-order valence-corrected chi connectivity index (χ4v) is 3.20. The molecular formula is C17H22N2O2. The second kappa shape index (κ2) is 5.53. The van der Waals surface area contributed by atoms with E-state index in [-0.39, 0.29) is 12.5 Å². The molecule has 0 saturated heterocycles. The zero-order chi connectivity index (χ0) is 15.0. The van der Waals surface area contributed by atoms with Crippen molar-refractivity contribution in [2.24, 2.45) is 5.92 Å². The normalized spacial score (nSPS) is 17.8. The summed E-state index contributed by atoms with van der Waals surface area (Å²) in [4.78, 5) is 17.4. The Balaban J connectivity index is 2.00. The third-order valence-electron chi connectivity index (χ3n) is 4.46. The topological polar surface area (TPSA) is 56.3 Å². The number of amides is 1. The van der Waals surface area contributed by atoms with Gasteiger partial charge in [0.25, 0.3) is 5.91 Å². The number of fused-ring (bicyclic) bond motifs is 3. The first kappa shape index (κ1) is 14.1. The second-order valence-corrected chi connectivity index (χ2v) is 6.14. The van der Waals surface area contributed by atoms with Gasteiger partial charge in [0.05, 0.1) is 6.61 Å². The summed E-state index contributed by atoms with van der Waals surface area (Å²) in [5, 5.41) is 10.1. The van der Waals surface area contributed by atoms with Crippen molar-refractivity contribution >= 4 is 16.8 Å². The summed E-state index contributed by atoms with van der Waals surface area (Å²) in [6.07, 6.45) is 3.41. The maximum Gasteiger partial charge on any atom is 0.253 e. The number of carbonyl (C=O) groups excluding carboxylic acids is 1. The summed E-state index contributed by atoms with van der Waals surface area (Å²) >= 11 is 0. The molecule has 0 fully saturated rings. The first-order valence-electron chi connectivity index (χ1n) is 7.60. The van der Waals surface area contributed by atoms with Gasteiger partial charge in [-0.2, -0.15) is 0 Å². The van der Waals surface area contributed by atoms with E-state index in [4.69, 9.17) is 5.11 Å². The summed E-state index contributed by atoms with van der Waals surface area (Å²) < 4.78 is 0. The van der Waals surface area contributed by atoms with Crippen molar-refractivity contribution in [2.75, 3.05) is 20.2 Å². The predicted molar refractivity (Wildman–Crippen MR) is 83.5 cm³/mol. The highest BCUT2D eigenvalue weighted by atomic mass is 16.3. The largest absolute Gasteiger partial charge is 0.395 e. The molecule has 3 rings (SSSR count). The van der Waals surface area contributed by atoms with Crippen LogP contribution in [0.15, 0.2) is 18.2 Å². The second-order valence-electron chi connectivity index (χ2n) is 6.14. The number of aromatic amines is 1. The predicted octanol–water partition coefficient (Wildman–Crippen LogP) is 2.36. The molecule has 1 aliphatic rings. The number of hydrogen-bond donors (Lipinski definition) is 2. The average Bonchev–Trinajstić information content (AvgIpc) is 2.84. The number of nitrogens with zero attached hydrogens (tertiary/aromatic N) is 1. The number of carbonyl (C=O) groups is 1. The molecule has 0 radical (unpaired) electrons. The zero-order valence-electron chi connectivity index (χ0n) is 12.6. The van der Waals surface area contributed by atoms with Crippen LogP contribution in [0.25, 0.3) is 10.9 Å². The molecule has 0 spiro atoms. The lowest BCUT2D eigenvalue weighted by Gasteiger charge is -2.18. The van der Waals surface area contributed by atoms with Crippen LogP contribution < -0.4 is 0 Å². The van der Waals surface area contributed by atoms with Crippen LogP contribution in [0.2, 0.25) is 0 Å². The number of hydrogen-bond acceptors (Lipinski definition) is 2. The van der Waals surface area contributed by atoms with Crippen LogP contribution in [0.5, 0.6) is 0 Å². The Morgan fingerprint density at radius 1 is 1.48 bits per heavy atom. The minimum Gasteiger partial charge on any atom is -0.395 e. The highest BCUT2D eigenvalue weighted by Gasteiger charge is 2.21. The van der Waals surface area contributed by atoms with E-state index in [0.717, 1.165) is 18.4 Å². The Labute approximate surface area is 124 Å². The summed E-state index contributed by atoms with van der Waals surface area (Å²) in [5.74, 6) is 0.665. The van der Waals surface area contributed by atoms with Crippen LogP contribution in [-0.2, 0) is 12.8 Å². The summed E-state index contributed by atoms with van der Waals surface area (Å²) in [6, 6.07) is 5.86. The number of aliphatic hydroxyl groups is 1. The van der Waals surface area contributed by atoms with Gasteiger partial charge in [-0.3, -0.25) is 4.79 Å². The molecule has 1 aliphatic carbocycles. The average molecular weight is 286 g/mol. The third-order valence-corrected chi connectivity index (χ3v) is 4.46. The van der Waals surface area contributed by atoms with E-state index in [0.29, 0.717) is 18.0 Å². The quantitative estimate of drug-likeness (QED) is 0.910. The number of benzene rings is 1. The van der Waals surface area contributed by atoms with Gasteiger partial charge >= 0.3 is 0 Å². The fourth-order valence-electron chi connectivity index (χ4n) is 3.20. The Hall–Kier alpha value is -1.81. The van der Waals surface area contributed by atoms with Gasteiger partial charge in [0.1, 0.15) is 0 Å². The van der Waals surface area contributed by atoms with Gasteiger partial charge in [-0.1, -0.05) is 6.92 Å². The van der Waals surface area contributed by atoms with Crippen molar-refractivity contribution < 1.29 is 9.90 Å². The van der Waals surface area contributed by atoms with Crippen molar-refractivity contribution in [3.8, 4) is 0 Å². The van der Waals surface area contributed by atoms with Crippen LogP contribution in [0.4, 0.5) is 0 Å². The summed E-state index contributed by atoms with van der Waals surface area (Å²) in [5.41, 5.74) is 4.52. The van der Waals surface area contributed by atoms with E-state index < -0.39 is 0 Å². The molecule has 4 heteroatoms. The van der Waals surface area contributed by atoms with Crippen molar-refractivity contribution in [2.45, 2.75) is 26.2 Å². The SMILES string of the molecule is C[C@H]1CCc2[nH]c3ccc(C(=O)N(C)CCO)cc3c2C1. The minimum atomic E-state index is -0.0373. The Morgan fingerprint density at radius 3 is 3.05 bits per heavy atom. The highest BCUT2D eigenvalue weighted by molar-refractivity contribution is 5.99. The fraction of sp³-hybridized carbons (Fsp3) is 0.471. The number of aliphatic hydroxyl groups excluding tert-OH is 1. The molecule has 1 amide bonds. The number of aromatic nitrogens is 1. The maximum absolute atomic E-state index is 12.3. The van der Waals surface area contributed by atoms with E-state index in [1.165, 1.54) is 23.1 Å². The van der Waals surface area contributed by atoms with Gasteiger partial charge in [-0.05, 0) is 48.9 Å². The number of aryl methyl sites for hydroxylation is 1. The molecule has 2 N–H and O–H groups in total. The molecule has 0 saturated carbocycles. The molecule has 0 unspecified atom stereocenters. The first-order chi connectivity index (χ1) is 10.1. The monoisotopic (exact) mass is 286 g/mol. The molecule has 0 aliphatic heterocycles. The molecule has 2 aromatic rings. The lowest BCUT2D eigenvalue weighted by molar-refractivity contribution is 0.0767. The molecule has 21 heavy (non-hydrogen) atoms. The summed E-state index contributed by atoms with van der Waals surface area (Å²) in [6.45, 7) is 2.63. The first-order valence-corrected chi connectivity index (χ1v) is 7.60. The maximum atomic E-state index is 12.3. The van der Waals surface area contributed by atoms with Gasteiger partial charge in [0.15, 0.2) is 0 Å². The molecule has 0 bridgehead atoms. The van der Waals surface area contributed by atoms with E-state index >= 15 is 0 Å². The van der Waals surface area contributed by atoms with Crippen molar-refractivity contribution in [1.82, 2.24) is 9.88 Å². The van der Waals surface area contributed by atoms with Crippen LogP contribution in [0, 0.1) is 5.92 Å². The van der Waals surface area contributed by atoms with Crippen LogP contribution in [-0.4, -0.2) is 41.1 Å². The van der Waals surface area contributed by atoms with Crippen molar-refractivity contribution in [3.63, 3.8) is 0 Å². The molecule has 112 valence electrons. The highest BCUT2D eigenvalue weighted by Crippen LogP contribution is 2.32. The molecule has 4 nitrogen and oxygen atoms in total. The molecule has 1 aromatic heterocycles. The molecule has 1 heterocycles. The van der Waals surface area contributed by atoms with Crippen molar-refractivity contribution in [1.29, 1.82) is 0 Å².